The zero-order valence-corrected chi connectivity index (χ0v) is 13.8. The number of H-pyrrole nitrogens is 1. The molecule has 0 radical (unpaired) electrons. The van der Waals surface area contributed by atoms with Gasteiger partial charge in [-0.3, -0.25) is 14.3 Å². The average Bonchev–Trinajstić information content (AvgIpc) is 2.93. The molecule has 6 nitrogen and oxygen atoms in total. The predicted octanol–water partition coefficient (Wildman–Crippen LogP) is 2.13. The van der Waals surface area contributed by atoms with E-state index in [1.807, 2.05) is 19.1 Å². The third-order valence-corrected chi connectivity index (χ3v) is 4.14. The van der Waals surface area contributed by atoms with E-state index < -0.39 is 5.91 Å². The normalized spacial score (nSPS) is 11.1. The Hall–Kier alpha value is -2.89. The van der Waals surface area contributed by atoms with Gasteiger partial charge in [-0.2, -0.15) is 5.10 Å². The second-order valence-corrected chi connectivity index (χ2v) is 5.94. The molecule has 3 aromatic rings. The van der Waals surface area contributed by atoms with Gasteiger partial charge in [-0.1, -0.05) is 19.4 Å². The number of nitrogens with zero attached hydrogens (tertiary/aromatic N) is 2. The Bertz CT molecular complexity index is 969. The molecule has 2 aromatic heterocycles. The largest absolute Gasteiger partial charge is 0.366 e. The van der Waals surface area contributed by atoms with Crippen molar-refractivity contribution in [1.29, 1.82) is 0 Å². The number of hydrogen-bond donors (Lipinski definition) is 2. The molecule has 0 aliphatic carbocycles. The number of carbonyl (C=O) groups excluding carboxylic acids is 1. The van der Waals surface area contributed by atoms with Gasteiger partial charge < -0.3 is 10.7 Å². The van der Waals surface area contributed by atoms with Crippen molar-refractivity contribution in [3.63, 3.8) is 0 Å². The van der Waals surface area contributed by atoms with E-state index in [1.54, 1.807) is 23.0 Å². The minimum absolute atomic E-state index is 0.0897. The van der Waals surface area contributed by atoms with Crippen LogP contribution >= 0.6 is 0 Å². The molecule has 3 rings (SSSR count). The molecule has 0 saturated carbocycles. The quantitative estimate of drug-likeness (QED) is 0.753. The molecule has 0 unspecified atom stereocenters. The van der Waals surface area contributed by atoms with Gasteiger partial charge in [0.1, 0.15) is 0 Å². The number of aromatic nitrogens is 3. The van der Waals surface area contributed by atoms with Crippen LogP contribution in [0.15, 0.2) is 35.3 Å². The Labute approximate surface area is 139 Å². The summed E-state index contributed by atoms with van der Waals surface area (Å²) in [7, 11) is 0. The number of rotatable bonds is 5. The lowest BCUT2D eigenvalue weighted by Gasteiger charge is -2.10. The molecule has 0 atom stereocenters. The summed E-state index contributed by atoms with van der Waals surface area (Å²) in [5, 5.41) is 5.05. The van der Waals surface area contributed by atoms with E-state index in [0.29, 0.717) is 23.1 Å². The van der Waals surface area contributed by atoms with Crippen molar-refractivity contribution < 1.29 is 4.79 Å². The van der Waals surface area contributed by atoms with E-state index in [0.717, 1.165) is 29.6 Å². The predicted molar refractivity (Wildman–Crippen MR) is 93.1 cm³/mol. The fourth-order valence-electron chi connectivity index (χ4n) is 3.04. The zero-order valence-electron chi connectivity index (χ0n) is 13.8. The van der Waals surface area contributed by atoms with Crippen molar-refractivity contribution in [3.8, 4) is 0 Å². The minimum atomic E-state index is -0.486. The molecule has 2 heterocycles. The third kappa shape index (κ3) is 2.82. The van der Waals surface area contributed by atoms with Crippen LogP contribution in [0.1, 0.15) is 40.5 Å². The lowest BCUT2D eigenvalue weighted by Crippen LogP contribution is -2.20. The van der Waals surface area contributed by atoms with E-state index in [-0.39, 0.29) is 5.56 Å². The molecule has 0 spiro atoms. The molecule has 24 heavy (non-hydrogen) atoms. The van der Waals surface area contributed by atoms with E-state index in [1.165, 1.54) is 0 Å². The lowest BCUT2D eigenvalue weighted by molar-refractivity contribution is 0.100. The second kappa shape index (κ2) is 6.31. The first-order valence-electron chi connectivity index (χ1n) is 7.97. The molecular formula is C18H20N4O2. The van der Waals surface area contributed by atoms with Gasteiger partial charge in [0, 0.05) is 16.6 Å². The molecule has 0 saturated heterocycles. The number of benzene rings is 1. The number of aryl methyl sites for hydroxylation is 2. The summed E-state index contributed by atoms with van der Waals surface area (Å²) >= 11 is 0. The molecule has 124 valence electrons. The minimum Gasteiger partial charge on any atom is -0.366 e. The van der Waals surface area contributed by atoms with Gasteiger partial charge in [-0.25, -0.2) is 0 Å². The fourth-order valence-corrected chi connectivity index (χ4v) is 3.04. The number of nitrogens with two attached hydrogens (primary N) is 1. The number of fused-ring (bicyclic) bond motifs is 1. The van der Waals surface area contributed by atoms with E-state index in [2.05, 4.69) is 17.0 Å². The molecular weight excluding hydrogens is 304 g/mol. The maximum absolute atomic E-state index is 12.4. The monoisotopic (exact) mass is 324 g/mol. The van der Waals surface area contributed by atoms with Gasteiger partial charge >= 0.3 is 0 Å². The van der Waals surface area contributed by atoms with Crippen LogP contribution in [0.25, 0.3) is 10.9 Å². The zero-order chi connectivity index (χ0) is 17.3. The van der Waals surface area contributed by atoms with Gasteiger partial charge in [0.25, 0.3) is 5.56 Å². The molecule has 6 heteroatoms. The number of pyridine rings is 1. The second-order valence-electron chi connectivity index (χ2n) is 5.94. The first-order valence-corrected chi connectivity index (χ1v) is 7.97. The van der Waals surface area contributed by atoms with E-state index >= 15 is 0 Å². The van der Waals surface area contributed by atoms with Crippen molar-refractivity contribution in [2.45, 2.75) is 33.2 Å². The summed E-state index contributed by atoms with van der Waals surface area (Å²) in [6.45, 7) is 4.33. The van der Waals surface area contributed by atoms with Crippen LogP contribution in [0, 0.1) is 6.92 Å². The van der Waals surface area contributed by atoms with E-state index in [4.69, 9.17) is 5.73 Å². The summed E-state index contributed by atoms with van der Waals surface area (Å²) in [5.74, 6) is -0.486. The standard InChI is InChI=1S/C18H20N4O2/c1-3-5-12-8-11(2)21-18(24)15(12)10-22-16-7-4-6-13(17(19)23)14(16)9-20-22/h4,6-9H,3,5,10H2,1-2H3,(H2,19,23)(H,21,24). The van der Waals surface area contributed by atoms with E-state index in [9.17, 15) is 9.59 Å². The fraction of sp³-hybridized carbons (Fsp3) is 0.278. The maximum atomic E-state index is 12.4. The first-order chi connectivity index (χ1) is 11.5. The van der Waals surface area contributed by atoms with Gasteiger partial charge in [0.15, 0.2) is 0 Å². The smallest absolute Gasteiger partial charge is 0.253 e. The summed E-state index contributed by atoms with van der Waals surface area (Å²) in [5.41, 5.74) is 9.14. The van der Waals surface area contributed by atoms with Crippen molar-refractivity contribution in [2.75, 3.05) is 0 Å². The van der Waals surface area contributed by atoms with Gasteiger partial charge in [0.05, 0.1) is 23.8 Å². The molecule has 0 aliphatic heterocycles. The highest BCUT2D eigenvalue weighted by Gasteiger charge is 2.14. The highest BCUT2D eigenvalue weighted by Crippen LogP contribution is 2.20. The number of carbonyl (C=O) groups is 1. The van der Waals surface area contributed by atoms with Crippen molar-refractivity contribution in [2.24, 2.45) is 5.73 Å². The molecule has 0 bridgehead atoms. The van der Waals surface area contributed by atoms with Crippen molar-refractivity contribution in [1.82, 2.24) is 14.8 Å². The number of primary amides is 1. The molecule has 0 aliphatic rings. The van der Waals surface area contributed by atoms with Crippen LogP contribution in [0.4, 0.5) is 0 Å². The summed E-state index contributed by atoms with van der Waals surface area (Å²) < 4.78 is 1.74. The third-order valence-electron chi connectivity index (χ3n) is 4.14. The molecule has 3 N–H and O–H groups in total. The highest BCUT2D eigenvalue weighted by molar-refractivity contribution is 6.05. The first kappa shape index (κ1) is 16.0. The lowest BCUT2D eigenvalue weighted by atomic mass is 10.0. The average molecular weight is 324 g/mol. The van der Waals surface area contributed by atoms with Crippen LogP contribution in [-0.4, -0.2) is 20.7 Å². The Balaban J connectivity index is 2.10. The van der Waals surface area contributed by atoms with Crippen LogP contribution in [0.5, 0.6) is 0 Å². The van der Waals surface area contributed by atoms with Crippen LogP contribution in [0.2, 0.25) is 0 Å². The summed E-state index contributed by atoms with van der Waals surface area (Å²) in [6.07, 6.45) is 3.42. The van der Waals surface area contributed by atoms with Crippen molar-refractivity contribution >= 4 is 16.8 Å². The van der Waals surface area contributed by atoms with Gasteiger partial charge in [-0.05, 0) is 37.1 Å². The Kier molecular flexibility index (Phi) is 4.20. The number of nitrogens with one attached hydrogen (secondary N) is 1. The van der Waals surface area contributed by atoms with Crippen LogP contribution in [-0.2, 0) is 13.0 Å². The summed E-state index contributed by atoms with van der Waals surface area (Å²) in [6, 6.07) is 7.34. The number of hydrogen-bond acceptors (Lipinski definition) is 3. The van der Waals surface area contributed by atoms with Crippen molar-refractivity contribution in [3.05, 3.63) is 63.2 Å². The van der Waals surface area contributed by atoms with Gasteiger partial charge in [0.2, 0.25) is 5.91 Å². The molecule has 1 amide bonds. The van der Waals surface area contributed by atoms with Gasteiger partial charge in [-0.15, -0.1) is 0 Å². The maximum Gasteiger partial charge on any atom is 0.253 e. The number of amides is 1. The Morgan fingerprint density at radius 3 is 2.88 bits per heavy atom. The highest BCUT2D eigenvalue weighted by atomic mass is 16.1. The van der Waals surface area contributed by atoms with Crippen LogP contribution in [0.3, 0.4) is 0 Å². The summed E-state index contributed by atoms with van der Waals surface area (Å²) in [4.78, 5) is 26.8. The molecule has 1 aromatic carbocycles. The van der Waals surface area contributed by atoms with Crippen LogP contribution < -0.4 is 11.3 Å². The molecule has 0 fully saturated rings. The topological polar surface area (TPSA) is 93.8 Å². The SMILES string of the molecule is CCCc1cc(C)[nH]c(=O)c1Cn1ncc2c(C(N)=O)cccc21. The number of aromatic amines is 1. The Morgan fingerprint density at radius 2 is 2.17 bits per heavy atom. The Morgan fingerprint density at radius 1 is 1.38 bits per heavy atom.